The maximum absolute atomic E-state index is 11.1. The average molecular weight is 433 g/mol. The van der Waals surface area contributed by atoms with Gasteiger partial charge >= 0.3 is 5.69 Å². The minimum Gasteiger partial charge on any atom is -0.393 e. The molecule has 1 fully saturated rings. The molecule has 5 rings (SSSR count). The van der Waals surface area contributed by atoms with Crippen molar-refractivity contribution in [3.05, 3.63) is 64.5 Å². The molecule has 0 aromatic carbocycles. The monoisotopic (exact) mass is 433 g/mol. The summed E-state index contributed by atoms with van der Waals surface area (Å²) < 4.78 is 3.63. The van der Waals surface area contributed by atoms with Gasteiger partial charge in [0.2, 0.25) is 0 Å². The Labute approximate surface area is 183 Å². The largest absolute Gasteiger partial charge is 0.393 e. The summed E-state index contributed by atoms with van der Waals surface area (Å²) in [6, 6.07) is 4.09. The highest BCUT2D eigenvalue weighted by atomic mass is 16.6. The molecule has 0 unspecified atom stereocenters. The smallest absolute Gasteiger partial charge is 0.310 e. The first-order valence-electron chi connectivity index (χ1n) is 10.5. The van der Waals surface area contributed by atoms with E-state index in [-0.39, 0.29) is 11.4 Å². The van der Waals surface area contributed by atoms with Crippen molar-refractivity contribution in [3.8, 4) is 11.3 Å². The van der Waals surface area contributed by atoms with Crippen LogP contribution in [0.1, 0.15) is 30.5 Å². The molecule has 3 N–H and O–H groups in total. The molecule has 1 aliphatic rings. The van der Waals surface area contributed by atoms with E-state index in [9.17, 15) is 10.1 Å². The number of anilines is 1. The molecule has 32 heavy (non-hydrogen) atoms. The van der Waals surface area contributed by atoms with Crippen molar-refractivity contribution in [2.45, 2.75) is 32.4 Å². The number of hydrogen-bond acceptors (Lipinski definition) is 8. The van der Waals surface area contributed by atoms with Crippen LogP contribution in [0.3, 0.4) is 0 Å². The van der Waals surface area contributed by atoms with Crippen LogP contribution in [0.4, 0.5) is 11.4 Å². The Morgan fingerprint density at radius 2 is 2.09 bits per heavy atom. The Bertz CT molecular complexity index is 1280. The van der Waals surface area contributed by atoms with Crippen LogP contribution in [0.25, 0.3) is 16.9 Å². The maximum atomic E-state index is 11.1. The van der Waals surface area contributed by atoms with Gasteiger partial charge in [0.25, 0.3) is 0 Å². The number of nitrogens with zero attached hydrogens (tertiary/aromatic N) is 7. The van der Waals surface area contributed by atoms with Crippen molar-refractivity contribution in [1.29, 1.82) is 0 Å². The van der Waals surface area contributed by atoms with E-state index in [2.05, 4.69) is 37.9 Å². The molecule has 1 aliphatic carbocycles. The summed E-state index contributed by atoms with van der Waals surface area (Å²) in [5.74, 6) is 0.833. The molecule has 11 heteroatoms. The van der Waals surface area contributed by atoms with Crippen molar-refractivity contribution in [1.82, 2.24) is 34.7 Å². The number of hydrogen-bond donors (Lipinski definition) is 2. The topological polar surface area (TPSA) is 142 Å². The van der Waals surface area contributed by atoms with Gasteiger partial charge in [-0.1, -0.05) is 17.7 Å². The van der Waals surface area contributed by atoms with Gasteiger partial charge in [-0.3, -0.25) is 15.1 Å². The number of rotatable bonds is 8. The Hall–Kier alpha value is -3.86. The molecule has 1 saturated carbocycles. The highest BCUT2D eigenvalue weighted by Gasteiger charge is 2.19. The first-order chi connectivity index (χ1) is 15.6. The number of nitro groups is 1. The molecule has 4 aromatic rings. The zero-order valence-corrected chi connectivity index (χ0v) is 17.4. The molecule has 0 aliphatic heterocycles. The van der Waals surface area contributed by atoms with Crippen molar-refractivity contribution in [2.75, 3.05) is 12.3 Å². The fraction of sp³-hybridized carbons (Fsp3) is 0.333. The number of fused-ring (bicyclic) bond motifs is 1. The van der Waals surface area contributed by atoms with Gasteiger partial charge < -0.3 is 15.5 Å². The summed E-state index contributed by atoms with van der Waals surface area (Å²) in [5, 5.41) is 22.8. The fourth-order valence-electron chi connectivity index (χ4n) is 3.86. The first kappa shape index (κ1) is 20.1. The van der Waals surface area contributed by atoms with Gasteiger partial charge in [0.1, 0.15) is 23.2 Å². The fourth-order valence-corrected chi connectivity index (χ4v) is 3.86. The van der Waals surface area contributed by atoms with Gasteiger partial charge in [-0.25, -0.2) is 9.67 Å². The summed E-state index contributed by atoms with van der Waals surface area (Å²) in [7, 11) is 0. The van der Waals surface area contributed by atoms with E-state index >= 15 is 0 Å². The summed E-state index contributed by atoms with van der Waals surface area (Å²) >= 11 is 0. The average Bonchev–Trinajstić information content (AvgIpc) is 3.36. The van der Waals surface area contributed by atoms with Crippen LogP contribution in [-0.4, -0.2) is 40.8 Å². The molecule has 4 heterocycles. The summed E-state index contributed by atoms with van der Waals surface area (Å²) in [5.41, 5.74) is 9.37. The van der Waals surface area contributed by atoms with Gasteiger partial charge in [-0.05, 0) is 36.9 Å². The lowest BCUT2D eigenvalue weighted by molar-refractivity contribution is -0.384. The van der Waals surface area contributed by atoms with E-state index in [0.29, 0.717) is 17.8 Å². The van der Waals surface area contributed by atoms with Gasteiger partial charge in [-0.2, -0.15) is 0 Å². The van der Waals surface area contributed by atoms with Crippen LogP contribution in [0.15, 0.2) is 43.1 Å². The van der Waals surface area contributed by atoms with Crippen LogP contribution in [0.2, 0.25) is 0 Å². The standard InChI is InChI=1S/C21H23N9O2/c22-21-17(8-24-9-19(21)30(31)32)18-13-29(27-26-18)12-16-11-28-10-15(4-5-20(28)25-16)7-23-6-14-2-1-3-14/h4-5,8-11,13-14,23H,1-3,6-7,12H2,(H2,22,24). The van der Waals surface area contributed by atoms with Crippen LogP contribution in [0, 0.1) is 16.0 Å². The molecular formula is C21H23N9O2. The number of imidazole rings is 1. The Morgan fingerprint density at radius 1 is 1.22 bits per heavy atom. The molecule has 0 amide bonds. The molecule has 0 bridgehead atoms. The van der Waals surface area contributed by atoms with E-state index in [1.54, 1.807) is 10.9 Å². The van der Waals surface area contributed by atoms with Crippen LogP contribution in [0.5, 0.6) is 0 Å². The zero-order valence-electron chi connectivity index (χ0n) is 17.4. The van der Waals surface area contributed by atoms with Crippen molar-refractivity contribution < 1.29 is 4.92 Å². The van der Waals surface area contributed by atoms with Crippen LogP contribution >= 0.6 is 0 Å². The SMILES string of the molecule is Nc1c(-c2cn(Cc3cn4cc(CNCC5CCC5)ccc4n3)nn2)cncc1[N+](=O)[O-]. The highest BCUT2D eigenvalue weighted by Crippen LogP contribution is 2.30. The van der Waals surface area contributed by atoms with E-state index in [1.807, 2.05) is 16.7 Å². The molecule has 11 nitrogen and oxygen atoms in total. The van der Waals surface area contributed by atoms with Crippen molar-refractivity contribution in [3.63, 3.8) is 0 Å². The highest BCUT2D eigenvalue weighted by molar-refractivity contribution is 5.79. The van der Waals surface area contributed by atoms with Gasteiger partial charge in [0.15, 0.2) is 0 Å². The van der Waals surface area contributed by atoms with Crippen molar-refractivity contribution >= 4 is 17.0 Å². The second-order valence-corrected chi connectivity index (χ2v) is 8.14. The van der Waals surface area contributed by atoms with Crippen LogP contribution in [-0.2, 0) is 13.1 Å². The molecule has 0 atom stereocenters. The third-order valence-electron chi connectivity index (χ3n) is 5.85. The second-order valence-electron chi connectivity index (χ2n) is 8.14. The van der Waals surface area contributed by atoms with Gasteiger partial charge in [0, 0.05) is 25.1 Å². The minimum atomic E-state index is -0.565. The number of pyridine rings is 2. The van der Waals surface area contributed by atoms with E-state index in [1.165, 1.54) is 31.0 Å². The van der Waals surface area contributed by atoms with Gasteiger partial charge in [-0.15, -0.1) is 5.10 Å². The second kappa shape index (κ2) is 8.35. The normalized spacial score (nSPS) is 14.0. The number of aromatic nitrogens is 6. The first-order valence-corrected chi connectivity index (χ1v) is 10.5. The lowest BCUT2D eigenvalue weighted by Gasteiger charge is -2.25. The number of nitrogens with two attached hydrogens (primary N) is 1. The third-order valence-corrected chi connectivity index (χ3v) is 5.85. The lowest BCUT2D eigenvalue weighted by Crippen LogP contribution is -2.26. The molecule has 0 spiro atoms. The summed E-state index contributed by atoms with van der Waals surface area (Å²) in [6.07, 6.45) is 12.3. The van der Waals surface area contributed by atoms with Gasteiger partial charge in [0.05, 0.1) is 28.9 Å². The summed E-state index contributed by atoms with van der Waals surface area (Å²) in [4.78, 5) is 19.1. The summed E-state index contributed by atoms with van der Waals surface area (Å²) in [6.45, 7) is 2.32. The Morgan fingerprint density at radius 3 is 2.88 bits per heavy atom. The molecule has 164 valence electrons. The van der Waals surface area contributed by atoms with E-state index in [4.69, 9.17) is 5.73 Å². The Balaban J connectivity index is 1.29. The molecule has 0 saturated heterocycles. The predicted molar refractivity (Wildman–Crippen MR) is 118 cm³/mol. The van der Waals surface area contributed by atoms with Crippen LogP contribution < -0.4 is 11.1 Å². The molecule has 0 radical (unpaired) electrons. The van der Waals surface area contributed by atoms with E-state index < -0.39 is 4.92 Å². The molecular weight excluding hydrogens is 410 g/mol. The lowest BCUT2D eigenvalue weighted by atomic mass is 9.85. The predicted octanol–water partition coefficient (Wildman–Crippen LogP) is 2.42. The van der Waals surface area contributed by atoms with Crippen molar-refractivity contribution in [2.24, 2.45) is 5.92 Å². The quantitative estimate of drug-likeness (QED) is 0.319. The number of nitrogens with one attached hydrogen (secondary N) is 1. The minimum absolute atomic E-state index is 0.0169. The molecule has 4 aromatic heterocycles. The maximum Gasteiger partial charge on any atom is 0.310 e. The Kier molecular flexibility index (Phi) is 5.23. The third kappa shape index (κ3) is 4.02. The van der Waals surface area contributed by atoms with E-state index in [0.717, 1.165) is 36.5 Å². The number of nitrogen functional groups attached to an aromatic ring is 1. The zero-order chi connectivity index (χ0) is 22.1.